The Bertz CT molecular complexity index is 568. The van der Waals surface area contributed by atoms with Crippen molar-refractivity contribution in [1.29, 1.82) is 0 Å². The third-order valence-corrected chi connectivity index (χ3v) is 3.49. The molecule has 0 radical (unpaired) electrons. The maximum atomic E-state index is 13.6. The maximum Gasteiger partial charge on any atom is 0.124 e. The Labute approximate surface area is 127 Å². The van der Waals surface area contributed by atoms with E-state index in [9.17, 15) is 4.39 Å². The quantitative estimate of drug-likeness (QED) is 0.878. The summed E-state index contributed by atoms with van der Waals surface area (Å²) < 4.78 is 20.0. The van der Waals surface area contributed by atoms with Crippen molar-refractivity contribution in [2.45, 2.75) is 13.0 Å². The van der Waals surface area contributed by atoms with Crippen molar-refractivity contribution in [2.24, 2.45) is 0 Å². The Hall–Kier alpha value is -1.39. The average molecular weight is 338 g/mol. The zero-order valence-electron chi connectivity index (χ0n) is 11.5. The maximum absolute atomic E-state index is 13.6. The molecule has 0 saturated carbocycles. The zero-order valence-corrected chi connectivity index (χ0v) is 13.1. The van der Waals surface area contributed by atoms with E-state index >= 15 is 0 Å². The van der Waals surface area contributed by atoms with E-state index in [0.717, 1.165) is 21.3 Å². The summed E-state index contributed by atoms with van der Waals surface area (Å²) in [6, 6.07) is 12.6. The molecule has 0 aliphatic carbocycles. The fourth-order valence-corrected chi connectivity index (χ4v) is 2.73. The van der Waals surface area contributed by atoms with Gasteiger partial charge in [0.1, 0.15) is 11.6 Å². The third kappa shape index (κ3) is 3.38. The van der Waals surface area contributed by atoms with Gasteiger partial charge in [0.2, 0.25) is 0 Å². The fraction of sp³-hybridized carbons (Fsp3) is 0.250. The van der Waals surface area contributed by atoms with Gasteiger partial charge in [-0.3, -0.25) is 0 Å². The van der Waals surface area contributed by atoms with Gasteiger partial charge in [-0.1, -0.05) is 34.1 Å². The standard InChI is InChI=1S/C16H17BrFNO/c1-3-20-15-7-5-4-6-14(15)16(19-2)11-8-12(17)10-13(18)9-11/h4-10,16,19H,3H2,1-2H3. The van der Waals surface area contributed by atoms with Crippen LogP contribution in [0.4, 0.5) is 4.39 Å². The second-order valence-electron chi connectivity index (χ2n) is 4.40. The molecule has 0 aromatic heterocycles. The highest BCUT2D eigenvalue weighted by Crippen LogP contribution is 2.31. The number of ether oxygens (including phenoxy) is 1. The highest BCUT2D eigenvalue weighted by atomic mass is 79.9. The predicted octanol–water partition coefficient (Wildman–Crippen LogP) is 4.30. The van der Waals surface area contributed by atoms with E-state index in [0.29, 0.717) is 6.61 Å². The van der Waals surface area contributed by atoms with E-state index < -0.39 is 0 Å². The lowest BCUT2D eigenvalue weighted by molar-refractivity contribution is 0.334. The number of hydrogen-bond donors (Lipinski definition) is 1. The van der Waals surface area contributed by atoms with Gasteiger partial charge in [-0.05, 0) is 43.8 Å². The van der Waals surface area contributed by atoms with Crippen LogP contribution in [0.2, 0.25) is 0 Å². The van der Waals surface area contributed by atoms with E-state index in [2.05, 4.69) is 21.2 Å². The highest BCUT2D eigenvalue weighted by molar-refractivity contribution is 9.10. The van der Waals surface area contributed by atoms with Crippen molar-refractivity contribution < 1.29 is 9.13 Å². The first-order valence-corrected chi connectivity index (χ1v) is 7.30. The minimum absolute atomic E-state index is 0.121. The Morgan fingerprint density at radius 3 is 2.65 bits per heavy atom. The molecule has 0 fully saturated rings. The van der Waals surface area contributed by atoms with Crippen molar-refractivity contribution in [3.05, 3.63) is 63.9 Å². The molecule has 2 aromatic carbocycles. The minimum atomic E-state index is -0.261. The topological polar surface area (TPSA) is 21.3 Å². The highest BCUT2D eigenvalue weighted by Gasteiger charge is 2.17. The van der Waals surface area contributed by atoms with Crippen molar-refractivity contribution in [3.63, 3.8) is 0 Å². The van der Waals surface area contributed by atoms with E-state index in [-0.39, 0.29) is 11.9 Å². The van der Waals surface area contributed by atoms with Crippen molar-refractivity contribution in [1.82, 2.24) is 5.32 Å². The molecule has 4 heteroatoms. The Balaban J connectivity index is 2.46. The van der Waals surface area contributed by atoms with Crippen molar-refractivity contribution in [3.8, 4) is 5.75 Å². The van der Waals surface area contributed by atoms with Crippen LogP contribution in [0.3, 0.4) is 0 Å². The molecule has 0 bridgehead atoms. The summed E-state index contributed by atoms with van der Waals surface area (Å²) in [7, 11) is 1.85. The van der Waals surface area contributed by atoms with E-state index in [1.165, 1.54) is 12.1 Å². The second kappa shape index (κ2) is 6.86. The molecule has 1 N–H and O–H groups in total. The lowest BCUT2D eigenvalue weighted by Gasteiger charge is -2.20. The Morgan fingerprint density at radius 2 is 2.00 bits per heavy atom. The normalized spacial score (nSPS) is 12.2. The zero-order chi connectivity index (χ0) is 14.5. The van der Waals surface area contributed by atoms with Gasteiger partial charge in [0.05, 0.1) is 12.6 Å². The number of rotatable bonds is 5. The monoisotopic (exact) mass is 337 g/mol. The SMILES string of the molecule is CCOc1ccccc1C(NC)c1cc(F)cc(Br)c1. The predicted molar refractivity (Wildman–Crippen MR) is 82.6 cm³/mol. The Kier molecular flexibility index (Phi) is 5.15. The minimum Gasteiger partial charge on any atom is -0.494 e. The number of halogens is 2. The van der Waals surface area contributed by atoms with Crippen LogP contribution < -0.4 is 10.1 Å². The van der Waals surface area contributed by atoms with E-state index in [1.807, 2.05) is 44.3 Å². The molecular formula is C16H17BrFNO. The summed E-state index contributed by atoms with van der Waals surface area (Å²) in [5.41, 5.74) is 1.85. The van der Waals surface area contributed by atoms with Crippen LogP contribution in [0, 0.1) is 5.82 Å². The molecule has 2 rings (SSSR count). The largest absolute Gasteiger partial charge is 0.494 e. The van der Waals surface area contributed by atoms with Gasteiger partial charge in [-0.25, -0.2) is 4.39 Å². The summed E-state index contributed by atoms with van der Waals surface area (Å²) in [5.74, 6) is 0.554. The molecule has 1 atom stereocenters. The molecule has 0 spiro atoms. The first-order valence-electron chi connectivity index (χ1n) is 6.50. The molecule has 0 aliphatic rings. The molecule has 0 saturated heterocycles. The van der Waals surface area contributed by atoms with Crippen molar-refractivity contribution >= 4 is 15.9 Å². The van der Waals surface area contributed by atoms with Crippen LogP contribution >= 0.6 is 15.9 Å². The molecule has 2 nitrogen and oxygen atoms in total. The van der Waals surface area contributed by atoms with Crippen LogP contribution in [0.1, 0.15) is 24.1 Å². The number of benzene rings is 2. The third-order valence-electron chi connectivity index (χ3n) is 3.04. The van der Waals surface area contributed by atoms with Crippen LogP contribution in [0.25, 0.3) is 0 Å². The molecule has 1 unspecified atom stereocenters. The van der Waals surface area contributed by atoms with Gasteiger partial charge in [-0.2, -0.15) is 0 Å². The summed E-state index contributed by atoms with van der Waals surface area (Å²) in [6.45, 7) is 2.55. The van der Waals surface area contributed by atoms with Crippen LogP contribution in [-0.2, 0) is 0 Å². The van der Waals surface area contributed by atoms with Crippen molar-refractivity contribution in [2.75, 3.05) is 13.7 Å². The van der Waals surface area contributed by atoms with Crippen LogP contribution in [0.15, 0.2) is 46.9 Å². The smallest absolute Gasteiger partial charge is 0.124 e. The summed E-state index contributed by atoms with van der Waals surface area (Å²) in [5, 5.41) is 3.22. The number of hydrogen-bond acceptors (Lipinski definition) is 2. The first-order chi connectivity index (χ1) is 9.65. The molecule has 106 valence electrons. The molecule has 0 amide bonds. The van der Waals surface area contributed by atoms with Gasteiger partial charge < -0.3 is 10.1 Å². The van der Waals surface area contributed by atoms with Gasteiger partial charge in [0.15, 0.2) is 0 Å². The molecule has 0 aliphatic heterocycles. The van der Waals surface area contributed by atoms with Gasteiger partial charge in [0, 0.05) is 10.0 Å². The van der Waals surface area contributed by atoms with Gasteiger partial charge in [0.25, 0.3) is 0 Å². The summed E-state index contributed by atoms with van der Waals surface area (Å²) >= 11 is 3.33. The van der Waals surface area contributed by atoms with Crippen LogP contribution in [0.5, 0.6) is 5.75 Å². The average Bonchev–Trinajstić information content (AvgIpc) is 2.41. The van der Waals surface area contributed by atoms with E-state index in [4.69, 9.17) is 4.74 Å². The van der Waals surface area contributed by atoms with Crippen LogP contribution in [-0.4, -0.2) is 13.7 Å². The molecule has 2 aromatic rings. The molecule has 0 heterocycles. The lowest BCUT2D eigenvalue weighted by atomic mass is 9.98. The molecular weight excluding hydrogens is 321 g/mol. The lowest BCUT2D eigenvalue weighted by Crippen LogP contribution is -2.19. The number of nitrogens with one attached hydrogen (secondary N) is 1. The molecule has 20 heavy (non-hydrogen) atoms. The number of para-hydroxylation sites is 1. The van der Waals surface area contributed by atoms with Gasteiger partial charge in [-0.15, -0.1) is 0 Å². The van der Waals surface area contributed by atoms with E-state index in [1.54, 1.807) is 0 Å². The summed E-state index contributed by atoms with van der Waals surface area (Å²) in [4.78, 5) is 0. The second-order valence-corrected chi connectivity index (χ2v) is 5.31. The Morgan fingerprint density at radius 1 is 1.25 bits per heavy atom. The van der Waals surface area contributed by atoms with Gasteiger partial charge >= 0.3 is 0 Å². The fourth-order valence-electron chi connectivity index (χ4n) is 2.25. The first kappa shape index (κ1) is 15.0. The summed E-state index contributed by atoms with van der Waals surface area (Å²) in [6.07, 6.45) is 0.